The molecule has 2 heterocycles. The summed E-state index contributed by atoms with van der Waals surface area (Å²) in [6.07, 6.45) is 3.49. The Morgan fingerprint density at radius 2 is 2.31 bits per heavy atom. The van der Waals surface area contributed by atoms with Gasteiger partial charge in [0, 0.05) is 49.2 Å². The van der Waals surface area contributed by atoms with Crippen molar-refractivity contribution in [2.24, 2.45) is 0 Å². The van der Waals surface area contributed by atoms with Crippen LogP contribution < -0.4 is 10.6 Å². The van der Waals surface area contributed by atoms with Crippen LogP contribution in [0.4, 0.5) is 11.4 Å². The van der Waals surface area contributed by atoms with Crippen LogP contribution in [-0.2, 0) is 4.79 Å². The Kier molecular flexibility index (Phi) is 5.77. The lowest BCUT2D eigenvalue weighted by molar-refractivity contribution is -0.383. The van der Waals surface area contributed by atoms with Gasteiger partial charge < -0.3 is 10.6 Å². The number of aromatic nitrogens is 1. The molecule has 26 heavy (non-hydrogen) atoms. The number of piperazine rings is 1. The second-order valence-electron chi connectivity index (χ2n) is 5.94. The standard InChI is InChI=1S/C17H18ClN5O3/c18-13-3-4-14(15(8-13)23(25)26)21-17(24)11-22-7-6-20-10-16(22)12-2-1-5-19-9-12/h1-5,8-9,16,20H,6-7,10-11H2,(H,21,24). The highest BCUT2D eigenvalue weighted by Gasteiger charge is 2.26. The van der Waals surface area contributed by atoms with Gasteiger partial charge in [0.1, 0.15) is 5.69 Å². The van der Waals surface area contributed by atoms with Crippen molar-refractivity contribution in [1.29, 1.82) is 0 Å². The molecule has 1 amide bonds. The maximum Gasteiger partial charge on any atom is 0.294 e. The molecule has 0 radical (unpaired) electrons. The van der Waals surface area contributed by atoms with Crippen LogP contribution in [0.5, 0.6) is 0 Å². The Labute approximate surface area is 155 Å². The molecule has 0 aliphatic carbocycles. The molecule has 3 rings (SSSR count). The summed E-state index contributed by atoms with van der Waals surface area (Å²) in [7, 11) is 0. The van der Waals surface area contributed by atoms with Gasteiger partial charge in [0.15, 0.2) is 0 Å². The number of benzene rings is 1. The van der Waals surface area contributed by atoms with Crippen molar-refractivity contribution < 1.29 is 9.72 Å². The number of carbonyl (C=O) groups excluding carboxylic acids is 1. The number of nitro groups is 1. The summed E-state index contributed by atoms with van der Waals surface area (Å²) in [5, 5.41) is 17.3. The minimum Gasteiger partial charge on any atom is -0.319 e. The predicted octanol–water partition coefficient (Wildman–Crippen LogP) is 2.23. The van der Waals surface area contributed by atoms with E-state index in [0.29, 0.717) is 13.1 Å². The van der Waals surface area contributed by atoms with E-state index in [4.69, 9.17) is 11.6 Å². The van der Waals surface area contributed by atoms with Crippen molar-refractivity contribution in [1.82, 2.24) is 15.2 Å². The second kappa shape index (κ2) is 8.22. The first kappa shape index (κ1) is 18.2. The highest BCUT2D eigenvalue weighted by atomic mass is 35.5. The smallest absolute Gasteiger partial charge is 0.294 e. The predicted molar refractivity (Wildman–Crippen MR) is 98.2 cm³/mol. The summed E-state index contributed by atoms with van der Waals surface area (Å²) in [6.45, 7) is 2.29. The van der Waals surface area contributed by atoms with Crippen molar-refractivity contribution in [2.75, 3.05) is 31.5 Å². The number of rotatable bonds is 5. The van der Waals surface area contributed by atoms with E-state index in [-0.39, 0.29) is 34.9 Å². The van der Waals surface area contributed by atoms with E-state index in [2.05, 4.69) is 15.6 Å². The summed E-state index contributed by atoms with van der Waals surface area (Å²) in [5.41, 5.74) is 0.928. The lowest BCUT2D eigenvalue weighted by Crippen LogP contribution is -2.48. The lowest BCUT2D eigenvalue weighted by atomic mass is 10.1. The van der Waals surface area contributed by atoms with E-state index < -0.39 is 4.92 Å². The molecule has 1 aliphatic heterocycles. The molecule has 0 saturated carbocycles. The zero-order valence-electron chi connectivity index (χ0n) is 13.9. The third-order valence-electron chi connectivity index (χ3n) is 4.20. The zero-order chi connectivity index (χ0) is 18.5. The number of hydrogen-bond donors (Lipinski definition) is 2. The number of anilines is 1. The summed E-state index contributed by atoms with van der Waals surface area (Å²) in [6, 6.07) is 8.02. The molecule has 1 unspecified atom stereocenters. The van der Waals surface area contributed by atoms with Crippen molar-refractivity contribution in [2.45, 2.75) is 6.04 Å². The molecular weight excluding hydrogens is 358 g/mol. The molecule has 2 aromatic rings. The molecular formula is C17H18ClN5O3. The molecule has 8 nitrogen and oxygen atoms in total. The van der Waals surface area contributed by atoms with Crippen molar-refractivity contribution in [3.05, 3.63) is 63.4 Å². The highest BCUT2D eigenvalue weighted by molar-refractivity contribution is 6.31. The van der Waals surface area contributed by atoms with Crippen LogP contribution >= 0.6 is 11.6 Å². The number of halogens is 1. The maximum atomic E-state index is 12.5. The third-order valence-corrected chi connectivity index (χ3v) is 4.44. The molecule has 0 spiro atoms. The monoisotopic (exact) mass is 375 g/mol. The van der Waals surface area contributed by atoms with Crippen molar-refractivity contribution in [3.63, 3.8) is 0 Å². The summed E-state index contributed by atoms with van der Waals surface area (Å²) >= 11 is 5.80. The first-order chi connectivity index (χ1) is 12.5. The van der Waals surface area contributed by atoms with Crippen LogP contribution in [0.3, 0.4) is 0 Å². The number of carbonyl (C=O) groups is 1. The normalized spacial score (nSPS) is 17.7. The molecule has 136 valence electrons. The van der Waals surface area contributed by atoms with E-state index in [1.807, 2.05) is 17.0 Å². The molecule has 1 aromatic carbocycles. The van der Waals surface area contributed by atoms with E-state index in [0.717, 1.165) is 12.1 Å². The molecule has 2 N–H and O–H groups in total. The van der Waals surface area contributed by atoms with Gasteiger partial charge in [-0.15, -0.1) is 0 Å². The Hall–Kier alpha value is -2.55. The molecule has 1 aliphatic rings. The van der Waals surface area contributed by atoms with Gasteiger partial charge in [0.05, 0.1) is 11.5 Å². The van der Waals surface area contributed by atoms with Gasteiger partial charge >= 0.3 is 0 Å². The van der Waals surface area contributed by atoms with Crippen LogP contribution in [-0.4, -0.2) is 46.9 Å². The number of amides is 1. The maximum absolute atomic E-state index is 12.5. The van der Waals surface area contributed by atoms with E-state index in [1.165, 1.54) is 18.2 Å². The summed E-state index contributed by atoms with van der Waals surface area (Å²) < 4.78 is 0. The first-order valence-corrected chi connectivity index (χ1v) is 8.51. The molecule has 1 saturated heterocycles. The fourth-order valence-corrected chi connectivity index (χ4v) is 3.14. The molecule has 9 heteroatoms. The molecule has 1 aromatic heterocycles. The second-order valence-corrected chi connectivity index (χ2v) is 6.38. The fraction of sp³-hybridized carbons (Fsp3) is 0.294. The van der Waals surface area contributed by atoms with Crippen LogP contribution in [0.25, 0.3) is 0 Å². The summed E-state index contributed by atoms with van der Waals surface area (Å²) in [4.78, 5) is 29.2. The molecule has 1 fully saturated rings. The topological polar surface area (TPSA) is 100 Å². The highest BCUT2D eigenvalue weighted by Crippen LogP contribution is 2.28. The number of nitro benzene ring substituents is 1. The summed E-state index contributed by atoms with van der Waals surface area (Å²) in [5.74, 6) is -0.314. The average molecular weight is 376 g/mol. The van der Waals surface area contributed by atoms with Gasteiger partial charge in [-0.1, -0.05) is 17.7 Å². The molecule has 1 atom stereocenters. The van der Waals surface area contributed by atoms with E-state index in [9.17, 15) is 14.9 Å². The quantitative estimate of drug-likeness (QED) is 0.614. The van der Waals surface area contributed by atoms with Crippen LogP contribution in [0.1, 0.15) is 11.6 Å². The number of hydrogen-bond acceptors (Lipinski definition) is 6. The number of nitrogens with zero attached hydrogens (tertiary/aromatic N) is 3. The van der Waals surface area contributed by atoms with E-state index in [1.54, 1.807) is 12.4 Å². The average Bonchev–Trinajstić information content (AvgIpc) is 2.64. The van der Waals surface area contributed by atoms with Crippen molar-refractivity contribution in [3.8, 4) is 0 Å². The SMILES string of the molecule is O=C(CN1CCNCC1c1cccnc1)Nc1ccc(Cl)cc1[N+](=O)[O-]. The van der Waals surface area contributed by atoms with Gasteiger partial charge in [-0.05, 0) is 23.8 Å². The molecule has 0 bridgehead atoms. The Bertz CT molecular complexity index is 802. The van der Waals surface area contributed by atoms with Gasteiger partial charge in [-0.3, -0.25) is 24.8 Å². The minimum atomic E-state index is -0.565. The number of pyridine rings is 1. The number of nitrogens with one attached hydrogen (secondary N) is 2. The van der Waals surface area contributed by atoms with Gasteiger partial charge in [-0.25, -0.2) is 0 Å². The lowest BCUT2D eigenvalue weighted by Gasteiger charge is -2.35. The van der Waals surface area contributed by atoms with Gasteiger partial charge in [0.25, 0.3) is 5.69 Å². The van der Waals surface area contributed by atoms with Crippen LogP contribution in [0.15, 0.2) is 42.7 Å². The van der Waals surface area contributed by atoms with E-state index >= 15 is 0 Å². The van der Waals surface area contributed by atoms with Gasteiger partial charge in [-0.2, -0.15) is 0 Å². The Balaban J connectivity index is 1.72. The van der Waals surface area contributed by atoms with Crippen LogP contribution in [0, 0.1) is 10.1 Å². The van der Waals surface area contributed by atoms with Crippen molar-refractivity contribution >= 4 is 28.9 Å². The first-order valence-electron chi connectivity index (χ1n) is 8.13. The zero-order valence-corrected chi connectivity index (χ0v) is 14.6. The largest absolute Gasteiger partial charge is 0.319 e. The van der Waals surface area contributed by atoms with Gasteiger partial charge in [0.2, 0.25) is 5.91 Å². The minimum absolute atomic E-state index is 0.0170. The third kappa shape index (κ3) is 4.34. The Morgan fingerprint density at radius 1 is 1.46 bits per heavy atom. The Morgan fingerprint density at radius 3 is 3.04 bits per heavy atom. The van der Waals surface area contributed by atoms with Crippen LogP contribution in [0.2, 0.25) is 5.02 Å². The fourth-order valence-electron chi connectivity index (χ4n) is 2.97.